The molecule has 1 rings (SSSR count). The maximum Gasteiger partial charge on any atom is 0 e. The third-order valence-electron chi connectivity index (χ3n) is 1.78. The van der Waals surface area contributed by atoms with Crippen molar-refractivity contribution < 1.29 is 53.8 Å². The molecule has 0 aliphatic heterocycles. The molecule has 0 aromatic heterocycles. The van der Waals surface area contributed by atoms with Crippen LogP contribution in [0.5, 0.6) is 0 Å². The monoisotopic (exact) mass is 425 g/mol. The Labute approximate surface area is 124 Å². The van der Waals surface area contributed by atoms with E-state index in [9.17, 15) is 0 Å². The fourth-order valence-electron chi connectivity index (χ4n) is 1.03. The summed E-state index contributed by atoms with van der Waals surface area (Å²) in [6.45, 7) is 11.2. The van der Waals surface area contributed by atoms with E-state index in [1.807, 2.05) is 0 Å². The molecular weight excluding hydrogens is 405 g/mol. The van der Waals surface area contributed by atoms with Crippen LogP contribution >= 0.6 is 0 Å². The molecule has 1 unspecified atom stereocenters. The summed E-state index contributed by atoms with van der Waals surface area (Å²) in [4.78, 5) is 0. The summed E-state index contributed by atoms with van der Waals surface area (Å²) in [5, 5.41) is 0. The van der Waals surface area contributed by atoms with Gasteiger partial charge in [-0.05, 0) is 0 Å². The zero-order chi connectivity index (χ0) is 8.53. The molecule has 2 heteroatoms. The number of unbranched alkanes of at least 4 members (excludes halogenated alkanes) is 2. The summed E-state index contributed by atoms with van der Waals surface area (Å²) in [7, 11) is 0. The minimum absolute atomic E-state index is 0. The van der Waals surface area contributed by atoms with Crippen LogP contribution in [-0.2, 0) is 53.8 Å². The Morgan fingerprint density at radius 1 is 1.23 bits per heavy atom. The average molecular weight is 425 g/mol. The van der Waals surface area contributed by atoms with Gasteiger partial charge in [0.05, 0.1) is 0 Å². The molecule has 0 bridgehead atoms. The maximum absolute atomic E-state index is 3.88. The standard InChI is InChI=1S/C6H10.C5H10.W.Y/c1-6-4-2-3-5-6;1-3-5-4-2;;/h4,6H,1-3,5H2;1-5H2;;/q2*-2;;. The molecule has 0 aromatic carbocycles. The van der Waals surface area contributed by atoms with Gasteiger partial charge in [-0.2, -0.15) is 19.3 Å². The molecule has 0 heterocycles. The third kappa shape index (κ3) is 16.5. The Hall–Kier alpha value is 1.79. The molecular formula is C11H20WY-4. The Kier molecular flexibility index (Phi) is 25.3. The first kappa shape index (κ1) is 20.2. The van der Waals surface area contributed by atoms with Crippen molar-refractivity contribution in [2.24, 2.45) is 5.92 Å². The quantitative estimate of drug-likeness (QED) is 0.593. The normalized spacial score (nSPS) is 19.2. The van der Waals surface area contributed by atoms with Crippen molar-refractivity contribution in [2.45, 2.75) is 38.5 Å². The minimum Gasteiger partial charge on any atom is -0.369 e. The molecule has 0 nitrogen and oxygen atoms in total. The Morgan fingerprint density at radius 2 is 1.77 bits per heavy atom. The Bertz CT molecular complexity index is 68.5. The van der Waals surface area contributed by atoms with E-state index in [4.69, 9.17) is 0 Å². The smallest absolute Gasteiger partial charge is 0 e. The van der Waals surface area contributed by atoms with E-state index in [1.54, 1.807) is 0 Å². The zero-order valence-electron chi connectivity index (χ0n) is 8.50. The van der Waals surface area contributed by atoms with Crippen molar-refractivity contribution in [1.29, 1.82) is 0 Å². The van der Waals surface area contributed by atoms with Crippen LogP contribution in [-0.4, -0.2) is 0 Å². The first-order chi connectivity index (χ1) is 5.31. The van der Waals surface area contributed by atoms with E-state index < -0.39 is 0 Å². The summed E-state index contributed by atoms with van der Waals surface area (Å²) in [5.74, 6) is 0.671. The van der Waals surface area contributed by atoms with E-state index in [0.717, 1.165) is 12.8 Å². The maximum atomic E-state index is 3.88. The van der Waals surface area contributed by atoms with Gasteiger partial charge in [0.1, 0.15) is 0 Å². The fraction of sp³-hybridized carbons (Fsp3) is 0.636. The topological polar surface area (TPSA) is 0 Å². The van der Waals surface area contributed by atoms with Crippen molar-refractivity contribution in [1.82, 2.24) is 0 Å². The SMILES string of the molecule is [CH2-]C1[CH-]CCC1.[CH2-]CCC[CH2-].[W].[Y]. The number of hydrogen-bond donors (Lipinski definition) is 0. The number of hydrogen-bond acceptors (Lipinski definition) is 0. The van der Waals surface area contributed by atoms with Gasteiger partial charge in [-0.25, -0.2) is 0 Å². The van der Waals surface area contributed by atoms with Crippen LogP contribution < -0.4 is 0 Å². The van der Waals surface area contributed by atoms with Crippen molar-refractivity contribution in [2.75, 3.05) is 0 Å². The molecule has 0 amide bonds. The van der Waals surface area contributed by atoms with Gasteiger partial charge in [-0.1, -0.05) is 6.42 Å². The van der Waals surface area contributed by atoms with Crippen molar-refractivity contribution in [3.05, 3.63) is 27.2 Å². The molecule has 1 aliphatic carbocycles. The molecule has 0 spiro atoms. The van der Waals surface area contributed by atoms with Crippen LogP contribution in [0.2, 0.25) is 0 Å². The molecule has 1 saturated carbocycles. The second-order valence-corrected chi connectivity index (χ2v) is 2.99. The van der Waals surface area contributed by atoms with Gasteiger partial charge in [-0.15, -0.1) is 12.8 Å². The van der Waals surface area contributed by atoms with Gasteiger partial charge in [0.15, 0.2) is 0 Å². The number of rotatable bonds is 2. The molecule has 1 fully saturated rings. The zero-order valence-corrected chi connectivity index (χ0v) is 14.3. The average Bonchev–Trinajstić information content (AvgIpc) is 2.43. The summed E-state index contributed by atoms with van der Waals surface area (Å²) >= 11 is 0. The van der Waals surface area contributed by atoms with Gasteiger partial charge >= 0.3 is 0 Å². The molecule has 1 atom stereocenters. The van der Waals surface area contributed by atoms with Crippen LogP contribution in [0.15, 0.2) is 0 Å². The molecule has 13 heavy (non-hydrogen) atoms. The second kappa shape index (κ2) is 16.2. The summed E-state index contributed by atoms with van der Waals surface area (Å²) in [5.41, 5.74) is 0. The van der Waals surface area contributed by atoms with E-state index in [0.29, 0.717) is 5.92 Å². The molecule has 1 aliphatic rings. The van der Waals surface area contributed by atoms with Gasteiger partial charge in [0, 0.05) is 53.8 Å². The summed E-state index contributed by atoms with van der Waals surface area (Å²) < 4.78 is 0. The van der Waals surface area contributed by atoms with E-state index in [-0.39, 0.29) is 53.8 Å². The van der Waals surface area contributed by atoms with Gasteiger partial charge in [0.2, 0.25) is 0 Å². The van der Waals surface area contributed by atoms with Crippen LogP contribution in [0.1, 0.15) is 38.5 Å². The van der Waals surface area contributed by atoms with Crippen LogP contribution in [0, 0.1) is 33.1 Å². The van der Waals surface area contributed by atoms with Gasteiger partial charge in [-0.3, -0.25) is 0 Å². The molecule has 0 N–H and O–H groups in total. The van der Waals surface area contributed by atoms with Crippen LogP contribution in [0.25, 0.3) is 0 Å². The predicted octanol–water partition coefficient (Wildman–Crippen LogP) is 3.64. The first-order valence-electron chi connectivity index (χ1n) is 4.56. The third-order valence-corrected chi connectivity index (χ3v) is 1.78. The van der Waals surface area contributed by atoms with Crippen molar-refractivity contribution >= 4 is 0 Å². The Balaban J connectivity index is -0.000000136. The molecule has 0 aromatic rings. The van der Waals surface area contributed by atoms with Gasteiger partial charge < -0.3 is 33.1 Å². The summed E-state index contributed by atoms with van der Waals surface area (Å²) in [6, 6.07) is 0. The van der Waals surface area contributed by atoms with Crippen molar-refractivity contribution in [3.63, 3.8) is 0 Å². The predicted molar refractivity (Wildman–Crippen MR) is 51.6 cm³/mol. The van der Waals surface area contributed by atoms with Crippen molar-refractivity contribution in [3.8, 4) is 0 Å². The van der Waals surface area contributed by atoms with E-state index in [1.165, 1.54) is 25.7 Å². The largest absolute Gasteiger partial charge is 0.369 e. The fourth-order valence-corrected chi connectivity index (χ4v) is 1.03. The Morgan fingerprint density at radius 3 is 1.85 bits per heavy atom. The minimum atomic E-state index is 0. The summed E-state index contributed by atoms with van der Waals surface area (Å²) in [6.07, 6.45) is 9.51. The van der Waals surface area contributed by atoms with E-state index >= 15 is 0 Å². The first-order valence-corrected chi connectivity index (χ1v) is 4.56. The molecule has 77 valence electrons. The van der Waals surface area contributed by atoms with E-state index in [2.05, 4.69) is 27.2 Å². The van der Waals surface area contributed by atoms with Gasteiger partial charge in [0.25, 0.3) is 0 Å². The molecule has 0 saturated heterocycles. The molecule has 1 radical (unpaired) electrons. The van der Waals surface area contributed by atoms with Crippen LogP contribution in [0.4, 0.5) is 0 Å². The van der Waals surface area contributed by atoms with Crippen LogP contribution in [0.3, 0.4) is 0 Å². The second-order valence-electron chi connectivity index (χ2n) is 2.99.